The predicted octanol–water partition coefficient (Wildman–Crippen LogP) is 2.74. The van der Waals surface area contributed by atoms with E-state index in [0.717, 1.165) is 38.0 Å². The first kappa shape index (κ1) is 15.8. The van der Waals surface area contributed by atoms with Crippen molar-refractivity contribution in [2.75, 3.05) is 20.2 Å². The molecule has 0 aliphatic carbocycles. The Bertz CT molecular complexity index is 455. The molecule has 1 fully saturated rings. The van der Waals surface area contributed by atoms with Crippen LogP contribution in [0.1, 0.15) is 37.7 Å². The maximum atomic E-state index is 12.1. The minimum absolute atomic E-state index is 0.147. The van der Waals surface area contributed by atoms with E-state index in [1.807, 2.05) is 13.1 Å². The summed E-state index contributed by atoms with van der Waals surface area (Å²) in [6.07, 6.45) is 5.90. The van der Waals surface area contributed by atoms with Gasteiger partial charge in [0.05, 0.1) is 6.10 Å². The molecule has 1 amide bonds. The molecular formula is C17H25NO3. The number of aryl methyl sites for hydroxylation is 1. The van der Waals surface area contributed by atoms with Gasteiger partial charge in [-0.2, -0.15) is 0 Å². The number of ether oxygens (including phenoxy) is 1. The summed E-state index contributed by atoms with van der Waals surface area (Å²) in [5.74, 6) is 0.400. The number of phenolic OH excluding ortho intramolecular Hbond substituents is 1. The second kappa shape index (κ2) is 8.03. The van der Waals surface area contributed by atoms with Crippen molar-refractivity contribution in [2.45, 2.75) is 44.6 Å². The fourth-order valence-corrected chi connectivity index (χ4v) is 2.65. The monoisotopic (exact) mass is 291 g/mol. The van der Waals surface area contributed by atoms with Gasteiger partial charge < -0.3 is 14.7 Å². The maximum Gasteiger partial charge on any atom is 0.222 e. The van der Waals surface area contributed by atoms with E-state index in [9.17, 15) is 9.90 Å². The Morgan fingerprint density at radius 1 is 1.43 bits per heavy atom. The third kappa shape index (κ3) is 5.38. The Balaban J connectivity index is 1.69. The first-order chi connectivity index (χ1) is 10.1. The Hall–Kier alpha value is -1.55. The number of hydrogen-bond acceptors (Lipinski definition) is 3. The van der Waals surface area contributed by atoms with Gasteiger partial charge in [0.15, 0.2) is 0 Å². The molecule has 0 spiro atoms. The summed E-state index contributed by atoms with van der Waals surface area (Å²) in [4.78, 5) is 13.9. The van der Waals surface area contributed by atoms with Gasteiger partial charge in [-0.1, -0.05) is 12.1 Å². The van der Waals surface area contributed by atoms with Crippen LogP contribution in [0.25, 0.3) is 0 Å². The molecule has 0 bridgehead atoms. The molecule has 1 aliphatic rings. The van der Waals surface area contributed by atoms with E-state index in [0.29, 0.717) is 18.9 Å². The van der Waals surface area contributed by atoms with Crippen molar-refractivity contribution in [1.29, 1.82) is 0 Å². The molecule has 1 aromatic carbocycles. The molecule has 0 aromatic heterocycles. The fraction of sp³-hybridized carbons (Fsp3) is 0.588. The van der Waals surface area contributed by atoms with E-state index in [1.165, 1.54) is 6.42 Å². The molecule has 0 saturated carbocycles. The SMILES string of the molecule is CN(CC[C@@H]1CCCCO1)C(=O)CCc1cccc(O)c1. The summed E-state index contributed by atoms with van der Waals surface area (Å²) in [6, 6.07) is 7.09. The minimum atomic E-state index is 0.147. The van der Waals surface area contributed by atoms with Crippen LogP contribution in [0.5, 0.6) is 5.75 Å². The second-order valence-corrected chi connectivity index (χ2v) is 5.76. The normalized spacial score (nSPS) is 18.4. The van der Waals surface area contributed by atoms with Crippen molar-refractivity contribution in [3.05, 3.63) is 29.8 Å². The fourth-order valence-electron chi connectivity index (χ4n) is 2.65. The zero-order valence-electron chi connectivity index (χ0n) is 12.8. The minimum Gasteiger partial charge on any atom is -0.508 e. The van der Waals surface area contributed by atoms with Gasteiger partial charge in [-0.25, -0.2) is 0 Å². The smallest absolute Gasteiger partial charge is 0.222 e. The number of aromatic hydroxyl groups is 1. The molecule has 4 heteroatoms. The van der Waals surface area contributed by atoms with Crippen LogP contribution in [0.2, 0.25) is 0 Å². The molecule has 1 atom stereocenters. The summed E-state index contributed by atoms with van der Waals surface area (Å²) in [5.41, 5.74) is 0.993. The highest BCUT2D eigenvalue weighted by Gasteiger charge is 2.16. The predicted molar refractivity (Wildman–Crippen MR) is 82.3 cm³/mol. The Kier molecular flexibility index (Phi) is 6.05. The number of rotatable bonds is 6. The third-order valence-electron chi connectivity index (χ3n) is 4.02. The van der Waals surface area contributed by atoms with E-state index in [4.69, 9.17) is 4.74 Å². The van der Waals surface area contributed by atoms with E-state index in [-0.39, 0.29) is 11.7 Å². The van der Waals surface area contributed by atoms with Gasteiger partial charge in [0.2, 0.25) is 5.91 Å². The van der Waals surface area contributed by atoms with Crippen LogP contribution in [0.15, 0.2) is 24.3 Å². The lowest BCUT2D eigenvalue weighted by Crippen LogP contribution is -2.31. The number of carbonyl (C=O) groups is 1. The van der Waals surface area contributed by atoms with Crippen LogP contribution in [-0.2, 0) is 16.0 Å². The summed E-state index contributed by atoms with van der Waals surface area (Å²) in [5, 5.41) is 9.41. The van der Waals surface area contributed by atoms with Crippen molar-refractivity contribution in [2.24, 2.45) is 0 Å². The Morgan fingerprint density at radius 3 is 3.00 bits per heavy atom. The lowest BCUT2D eigenvalue weighted by Gasteiger charge is -2.25. The van der Waals surface area contributed by atoms with Crippen molar-refractivity contribution >= 4 is 5.91 Å². The average molecular weight is 291 g/mol. The number of phenols is 1. The van der Waals surface area contributed by atoms with Gasteiger partial charge in [0.25, 0.3) is 0 Å². The van der Waals surface area contributed by atoms with Crippen LogP contribution >= 0.6 is 0 Å². The first-order valence-electron chi connectivity index (χ1n) is 7.78. The molecule has 1 N–H and O–H groups in total. The third-order valence-corrected chi connectivity index (χ3v) is 4.02. The molecule has 116 valence electrons. The van der Waals surface area contributed by atoms with Crippen molar-refractivity contribution < 1.29 is 14.6 Å². The first-order valence-corrected chi connectivity index (χ1v) is 7.78. The number of benzene rings is 1. The molecule has 1 aliphatic heterocycles. The van der Waals surface area contributed by atoms with Crippen molar-refractivity contribution in [3.63, 3.8) is 0 Å². The zero-order chi connectivity index (χ0) is 15.1. The molecule has 2 rings (SSSR count). The van der Waals surface area contributed by atoms with Crippen LogP contribution in [-0.4, -0.2) is 42.2 Å². The van der Waals surface area contributed by atoms with Gasteiger partial charge in [-0.15, -0.1) is 0 Å². The summed E-state index contributed by atoms with van der Waals surface area (Å²) in [6.45, 7) is 1.61. The average Bonchev–Trinajstić information content (AvgIpc) is 2.51. The second-order valence-electron chi connectivity index (χ2n) is 5.76. The standard InChI is InChI=1S/C17H25NO3/c1-18(11-10-16-7-2-3-12-21-16)17(20)9-8-14-5-4-6-15(19)13-14/h4-6,13,16,19H,2-3,7-12H2,1H3/t16-/m0/s1. The van der Waals surface area contributed by atoms with Crippen LogP contribution in [0.4, 0.5) is 0 Å². The largest absolute Gasteiger partial charge is 0.508 e. The Labute approximate surface area is 126 Å². The molecule has 4 nitrogen and oxygen atoms in total. The van der Waals surface area contributed by atoms with E-state index in [2.05, 4.69) is 0 Å². The molecular weight excluding hydrogens is 266 g/mol. The van der Waals surface area contributed by atoms with E-state index < -0.39 is 0 Å². The molecule has 0 unspecified atom stereocenters. The molecule has 21 heavy (non-hydrogen) atoms. The topological polar surface area (TPSA) is 49.8 Å². The van der Waals surface area contributed by atoms with Crippen molar-refractivity contribution in [3.8, 4) is 5.75 Å². The Morgan fingerprint density at radius 2 is 2.29 bits per heavy atom. The van der Waals surface area contributed by atoms with Crippen LogP contribution in [0.3, 0.4) is 0 Å². The highest BCUT2D eigenvalue weighted by Crippen LogP contribution is 2.16. The van der Waals surface area contributed by atoms with E-state index >= 15 is 0 Å². The quantitative estimate of drug-likeness (QED) is 0.876. The van der Waals surface area contributed by atoms with Crippen LogP contribution in [0, 0.1) is 0 Å². The van der Waals surface area contributed by atoms with Crippen LogP contribution < -0.4 is 0 Å². The van der Waals surface area contributed by atoms with Crippen molar-refractivity contribution in [1.82, 2.24) is 4.90 Å². The van der Waals surface area contributed by atoms with Gasteiger partial charge in [0, 0.05) is 26.6 Å². The molecule has 1 aromatic rings. The van der Waals surface area contributed by atoms with Gasteiger partial charge in [-0.05, 0) is 49.8 Å². The zero-order valence-corrected chi connectivity index (χ0v) is 12.8. The number of carbonyl (C=O) groups excluding carboxylic acids is 1. The summed E-state index contributed by atoms with van der Waals surface area (Å²) >= 11 is 0. The summed E-state index contributed by atoms with van der Waals surface area (Å²) < 4.78 is 5.68. The maximum absolute atomic E-state index is 12.1. The lowest BCUT2D eigenvalue weighted by atomic mass is 10.1. The van der Waals surface area contributed by atoms with Gasteiger partial charge >= 0.3 is 0 Å². The molecule has 0 radical (unpaired) electrons. The molecule has 1 saturated heterocycles. The van der Waals surface area contributed by atoms with Gasteiger partial charge in [-0.3, -0.25) is 4.79 Å². The number of nitrogens with zero attached hydrogens (tertiary/aromatic N) is 1. The molecule has 1 heterocycles. The highest BCUT2D eigenvalue weighted by molar-refractivity contribution is 5.76. The number of hydrogen-bond donors (Lipinski definition) is 1. The van der Waals surface area contributed by atoms with Gasteiger partial charge in [0.1, 0.15) is 5.75 Å². The van der Waals surface area contributed by atoms with E-state index in [1.54, 1.807) is 23.1 Å². The highest BCUT2D eigenvalue weighted by atomic mass is 16.5. The lowest BCUT2D eigenvalue weighted by molar-refractivity contribution is -0.130. The number of amides is 1. The summed E-state index contributed by atoms with van der Waals surface area (Å²) in [7, 11) is 1.85.